The first-order valence-electron chi connectivity index (χ1n) is 6.84. The lowest BCUT2D eigenvalue weighted by Crippen LogP contribution is -2.40. The Labute approximate surface area is 124 Å². The van der Waals surface area contributed by atoms with Crippen LogP contribution in [0.2, 0.25) is 0 Å². The largest absolute Gasteiger partial charge is 0.357 e. The van der Waals surface area contributed by atoms with Crippen molar-refractivity contribution in [3.8, 4) is 5.95 Å². The van der Waals surface area contributed by atoms with Crippen LogP contribution in [0.3, 0.4) is 0 Å². The third-order valence-electron chi connectivity index (χ3n) is 3.61. The van der Waals surface area contributed by atoms with Gasteiger partial charge in [0, 0.05) is 20.1 Å². The Balaban J connectivity index is 2.42. The van der Waals surface area contributed by atoms with Gasteiger partial charge in [0.25, 0.3) is 5.95 Å². The zero-order chi connectivity index (χ0) is 15.6. The number of hydrogen-bond donors (Lipinski definition) is 1. The average Bonchev–Trinajstić information content (AvgIpc) is 2.98. The molecule has 0 aliphatic carbocycles. The lowest BCUT2D eigenvalue weighted by atomic mass is 9.87. The van der Waals surface area contributed by atoms with Crippen LogP contribution < -0.4 is 10.2 Å². The zero-order valence-electron chi connectivity index (χ0n) is 13.4. The third-order valence-corrected chi connectivity index (χ3v) is 3.61. The quantitative estimate of drug-likeness (QED) is 0.910. The van der Waals surface area contributed by atoms with Gasteiger partial charge in [-0.05, 0) is 12.3 Å². The van der Waals surface area contributed by atoms with Crippen LogP contribution in [0.15, 0.2) is 12.7 Å². The molecule has 0 fully saturated rings. The van der Waals surface area contributed by atoms with Gasteiger partial charge in [-0.15, -0.1) is 0 Å². The molecular weight excluding hydrogens is 268 g/mol. The summed E-state index contributed by atoms with van der Waals surface area (Å²) in [6.45, 7) is 8.71. The van der Waals surface area contributed by atoms with Crippen LogP contribution in [0.4, 0.5) is 11.9 Å². The number of nitrogens with one attached hydrogen (secondary N) is 1. The maximum Gasteiger partial charge on any atom is 0.258 e. The zero-order valence-corrected chi connectivity index (χ0v) is 13.4. The lowest BCUT2D eigenvalue weighted by molar-refractivity contribution is 0.327. The van der Waals surface area contributed by atoms with E-state index < -0.39 is 0 Å². The molecule has 2 heterocycles. The van der Waals surface area contributed by atoms with Crippen LogP contribution in [-0.2, 0) is 0 Å². The Bertz CT molecular complexity index is 587. The van der Waals surface area contributed by atoms with Crippen molar-refractivity contribution in [2.75, 3.05) is 24.3 Å². The van der Waals surface area contributed by atoms with Crippen molar-refractivity contribution in [3.63, 3.8) is 0 Å². The Morgan fingerprint density at radius 2 is 1.95 bits per heavy atom. The van der Waals surface area contributed by atoms with E-state index in [1.165, 1.54) is 11.0 Å². The normalized spacial score (nSPS) is 13.0. The topological polar surface area (TPSA) is 84.7 Å². The molecule has 0 amide bonds. The molecule has 8 nitrogen and oxygen atoms in total. The van der Waals surface area contributed by atoms with Crippen molar-refractivity contribution >= 4 is 11.9 Å². The molecular formula is C13H22N8. The van der Waals surface area contributed by atoms with Crippen molar-refractivity contribution in [1.82, 2.24) is 29.7 Å². The van der Waals surface area contributed by atoms with E-state index in [0.29, 0.717) is 17.8 Å². The minimum absolute atomic E-state index is 0.106. The van der Waals surface area contributed by atoms with Gasteiger partial charge in [-0.2, -0.15) is 24.7 Å². The standard InChI is InChI=1S/C13H22N8/c1-9(13(2,3)4)20(6)11-17-10(14-5)18-12(19-11)21-8-15-7-16-21/h7-9H,1-6H3,(H,14,17,18,19). The fourth-order valence-electron chi connectivity index (χ4n) is 1.79. The molecule has 0 aliphatic rings. The van der Waals surface area contributed by atoms with E-state index in [9.17, 15) is 0 Å². The third kappa shape index (κ3) is 3.26. The van der Waals surface area contributed by atoms with Gasteiger partial charge in [-0.25, -0.2) is 4.98 Å². The highest BCUT2D eigenvalue weighted by Crippen LogP contribution is 2.26. The van der Waals surface area contributed by atoms with Gasteiger partial charge in [-0.3, -0.25) is 0 Å². The fourth-order valence-corrected chi connectivity index (χ4v) is 1.79. The molecule has 1 atom stereocenters. The minimum Gasteiger partial charge on any atom is -0.357 e. The highest BCUT2D eigenvalue weighted by atomic mass is 15.4. The first-order chi connectivity index (χ1) is 9.82. The summed E-state index contributed by atoms with van der Waals surface area (Å²) in [5, 5.41) is 7.01. The van der Waals surface area contributed by atoms with Crippen molar-refractivity contribution in [1.29, 1.82) is 0 Å². The number of hydrogen-bond acceptors (Lipinski definition) is 7. The summed E-state index contributed by atoms with van der Waals surface area (Å²) in [6.07, 6.45) is 3.01. The van der Waals surface area contributed by atoms with E-state index >= 15 is 0 Å². The summed E-state index contributed by atoms with van der Waals surface area (Å²) in [6, 6.07) is 0.258. The Morgan fingerprint density at radius 3 is 2.48 bits per heavy atom. The van der Waals surface area contributed by atoms with Crippen molar-refractivity contribution in [2.24, 2.45) is 5.41 Å². The second kappa shape index (κ2) is 5.63. The predicted molar refractivity (Wildman–Crippen MR) is 81.6 cm³/mol. The van der Waals surface area contributed by atoms with Gasteiger partial charge >= 0.3 is 0 Å². The summed E-state index contributed by atoms with van der Waals surface area (Å²) in [5.41, 5.74) is 0.106. The summed E-state index contributed by atoms with van der Waals surface area (Å²) in [5.74, 6) is 1.54. The average molecular weight is 290 g/mol. The van der Waals surface area contributed by atoms with Gasteiger partial charge in [0.2, 0.25) is 11.9 Å². The van der Waals surface area contributed by atoms with Crippen LogP contribution in [0.25, 0.3) is 5.95 Å². The summed E-state index contributed by atoms with van der Waals surface area (Å²) >= 11 is 0. The van der Waals surface area contributed by atoms with Crippen molar-refractivity contribution in [3.05, 3.63) is 12.7 Å². The van der Waals surface area contributed by atoms with E-state index in [1.807, 2.05) is 11.9 Å². The Morgan fingerprint density at radius 1 is 1.24 bits per heavy atom. The maximum atomic E-state index is 4.48. The number of rotatable bonds is 4. The van der Waals surface area contributed by atoms with Crippen LogP contribution in [-0.4, -0.2) is 49.9 Å². The van der Waals surface area contributed by atoms with Crippen molar-refractivity contribution in [2.45, 2.75) is 33.7 Å². The number of nitrogens with zero attached hydrogens (tertiary/aromatic N) is 7. The van der Waals surface area contributed by atoms with E-state index in [0.717, 1.165) is 0 Å². The molecule has 8 heteroatoms. The molecule has 1 unspecified atom stereocenters. The molecule has 2 aromatic rings. The van der Waals surface area contributed by atoms with Gasteiger partial charge in [0.05, 0.1) is 0 Å². The maximum absolute atomic E-state index is 4.48. The number of anilines is 2. The van der Waals surface area contributed by atoms with Crippen molar-refractivity contribution < 1.29 is 0 Å². The SMILES string of the molecule is CNc1nc(N(C)C(C)C(C)(C)C)nc(-n2cncn2)n1. The van der Waals surface area contributed by atoms with Gasteiger partial charge < -0.3 is 10.2 Å². The fraction of sp³-hybridized carbons (Fsp3) is 0.615. The molecule has 0 saturated heterocycles. The molecule has 0 spiro atoms. The molecule has 0 saturated carbocycles. The molecule has 0 aliphatic heterocycles. The monoisotopic (exact) mass is 290 g/mol. The summed E-state index contributed by atoms with van der Waals surface area (Å²) in [4.78, 5) is 19.2. The molecule has 114 valence electrons. The van der Waals surface area contributed by atoms with E-state index in [2.05, 4.69) is 58.0 Å². The Kier molecular flexibility index (Phi) is 4.06. The first-order valence-corrected chi connectivity index (χ1v) is 6.84. The smallest absolute Gasteiger partial charge is 0.258 e. The second-order valence-electron chi connectivity index (χ2n) is 6.00. The number of aromatic nitrogens is 6. The van der Waals surface area contributed by atoms with E-state index in [4.69, 9.17) is 0 Å². The van der Waals surface area contributed by atoms with E-state index in [1.54, 1.807) is 13.4 Å². The van der Waals surface area contributed by atoms with E-state index in [-0.39, 0.29) is 11.5 Å². The van der Waals surface area contributed by atoms with Gasteiger partial charge in [-0.1, -0.05) is 20.8 Å². The lowest BCUT2D eigenvalue weighted by Gasteiger charge is -2.35. The highest BCUT2D eigenvalue weighted by molar-refractivity contribution is 5.40. The van der Waals surface area contributed by atoms with Crippen LogP contribution in [0, 0.1) is 5.41 Å². The molecule has 0 aromatic carbocycles. The molecule has 21 heavy (non-hydrogen) atoms. The molecule has 0 bridgehead atoms. The molecule has 2 rings (SSSR count). The minimum atomic E-state index is 0.106. The van der Waals surface area contributed by atoms with Crippen LogP contribution in [0.1, 0.15) is 27.7 Å². The predicted octanol–water partition coefficient (Wildman–Crippen LogP) is 1.36. The van der Waals surface area contributed by atoms with Crippen LogP contribution >= 0.6 is 0 Å². The van der Waals surface area contributed by atoms with Gasteiger partial charge in [0.15, 0.2) is 0 Å². The molecule has 0 radical (unpaired) electrons. The van der Waals surface area contributed by atoms with Gasteiger partial charge in [0.1, 0.15) is 12.7 Å². The Hall–Kier alpha value is -2.25. The second-order valence-corrected chi connectivity index (χ2v) is 6.00. The summed E-state index contributed by atoms with van der Waals surface area (Å²) in [7, 11) is 3.76. The summed E-state index contributed by atoms with van der Waals surface area (Å²) < 4.78 is 1.52. The highest BCUT2D eigenvalue weighted by Gasteiger charge is 2.26. The molecule has 2 aromatic heterocycles. The molecule has 1 N–H and O–H groups in total. The first kappa shape index (κ1) is 15.1. The van der Waals surface area contributed by atoms with Crippen LogP contribution in [0.5, 0.6) is 0 Å².